The zero-order valence-electron chi connectivity index (χ0n) is 28.4. The van der Waals surface area contributed by atoms with E-state index >= 15 is 0 Å². The molecule has 0 atom stereocenters. The summed E-state index contributed by atoms with van der Waals surface area (Å²) in [6.45, 7) is 0. The summed E-state index contributed by atoms with van der Waals surface area (Å²) in [7, 11) is 0. The zero-order chi connectivity index (χ0) is 35.1. The lowest BCUT2D eigenvalue weighted by atomic mass is 9.95. The first-order chi connectivity index (χ1) is 26.3. The zero-order valence-corrected chi connectivity index (χ0v) is 28.4. The summed E-state index contributed by atoms with van der Waals surface area (Å²) in [6, 6.07) is 59.2. The largest absolute Gasteiger partial charge is 0.456 e. The van der Waals surface area contributed by atoms with Gasteiger partial charge in [-0.15, -0.1) is 0 Å². The molecule has 0 saturated heterocycles. The van der Waals surface area contributed by atoms with Crippen molar-refractivity contribution in [1.29, 1.82) is 0 Å². The summed E-state index contributed by atoms with van der Waals surface area (Å²) in [4.78, 5) is 25.2. The van der Waals surface area contributed by atoms with E-state index in [0.29, 0.717) is 23.3 Å². The van der Waals surface area contributed by atoms with E-state index in [2.05, 4.69) is 54.6 Å². The lowest BCUT2D eigenvalue weighted by Crippen LogP contribution is -2.00. The molecule has 0 aliphatic carbocycles. The smallest absolute Gasteiger partial charge is 0.164 e. The van der Waals surface area contributed by atoms with Crippen molar-refractivity contribution >= 4 is 32.8 Å². The molecule has 6 heteroatoms. The van der Waals surface area contributed by atoms with E-state index in [9.17, 15) is 0 Å². The van der Waals surface area contributed by atoms with Crippen LogP contribution in [0, 0.1) is 0 Å². The van der Waals surface area contributed by atoms with Gasteiger partial charge in [0, 0.05) is 44.0 Å². The second-order valence-corrected chi connectivity index (χ2v) is 12.9. The molecule has 6 nitrogen and oxygen atoms in total. The molecule has 3 heterocycles. The molecule has 0 saturated carbocycles. The predicted molar refractivity (Wildman–Crippen MR) is 213 cm³/mol. The van der Waals surface area contributed by atoms with Crippen LogP contribution in [-0.4, -0.2) is 24.9 Å². The summed E-state index contributed by atoms with van der Waals surface area (Å²) >= 11 is 0. The number of fused-ring (bicyclic) bond motifs is 4. The maximum atomic E-state index is 6.53. The number of hydrogen-bond acceptors (Lipinski definition) is 6. The average Bonchev–Trinajstić information content (AvgIpc) is 3.63. The quantitative estimate of drug-likeness (QED) is 0.174. The Kier molecular flexibility index (Phi) is 7.36. The highest BCUT2D eigenvalue weighted by Crippen LogP contribution is 2.42. The van der Waals surface area contributed by atoms with Crippen molar-refractivity contribution in [1.82, 2.24) is 24.9 Å². The van der Waals surface area contributed by atoms with Crippen LogP contribution in [0.2, 0.25) is 0 Å². The molecule has 0 amide bonds. The Hall–Kier alpha value is -7.31. The Labute approximate surface area is 305 Å². The Morgan fingerprint density at radius 1 is 0.321 bits per heavy atom. The van der Waals surface area contributed by atoms with Crippen LogP contribution in [0.25, 0.3) is 101 Å². The highest BCUT2D eigenvalue weighted by molar-refractivity contribution is 6.17. The molecule has 0 unspecified atom stereocenters. The number of furan rings is 1. The van der Waals surface area contributed by atoms with Gasteiger partial charge in [-0.3, -0.25) is 0 Å². The molecule has 0 bridgehead atoms. The molecule has 10 rings (SSSR count). The Bertz CT molecular complexity index is 2880. The molecule has 0 aliphatic rings. The number of rotatable bonds is 6. The van der Waals surface area contributed by atoms with E-state index in [1.54, 1.807) is 0 Å². The van der Waals surface area contributed by atoms with Crippen molar-refractivity contribution < 1.29 is 4.42 Å². The highest BCUT2D eigenvalue weighted by Gasteiger charge is 2.20. The molecule has 53 heavy (non-hydrogen) atoms. The van der Waals surface area contributed by atoms with Crippen molar-refractivity contribution in [2.75, 3.05) is 0 Å². The number of nitrogens with zero attached hydrogens (tertiary/aromatic N) is 5. The van der Waals surface area contributed by atoms with Crippen molar-refractivity contribution in [3.8, 4) is 67.9 Å². The topological polar surface area (TPSA) is 77.6 Å². The Balaban J connectivity index is 1.16. The lowest BCUT2D eigenvalue weighted by molar-refractivity contribution is 0.669. The summed E-state index contributed by atoms with van der Waals surface area (Å²) in [5, 5.41) is 2.97. The maximum Gasteiger partial charge on any atom is 0.164 e. The van der Waals surface area contributed by atoms with Gasteiger partial charge in [-0.25, -0.2) is 24.9 Å². The van der Waals surface area contributed by atoms with Crippen LogP contribution in [-0.2, 0) is 0 Å². The van der Waals surface area contributed by atoms with Gasteiger partial charge in [0.1, 0.15) is 11.2 Å². The number of benzene rings is 7. The minimum Gasteiger partial charge on any atom is -0.456 e. The molecule has 0 fully saturated rings. The predicted octanol–water partition coefficient (Wildman–Crippen LogP) is 11.7. The van der Waals surface area contributed by atoms with Crippen LogP contribution < -0.4 is 0 Å². The van der Waals surface area contributed by atoms with Crippen LogP contribution in [0.3, 0.4) is 0 Å². The fraction of sp³-hybridized carbons (Fsp3) is 0. The third-order valence-electron chi connectivity index (χ3n) is 9.54. The van der Waals surface area contributed by atoms with Crippen molar-refractivity contribution in [3.05, 3.63) is 176 Å². The molecular formula is C47H29N5O. The van der Waals surface area contributed by atoms with Gasteiger partial charge in [0.25, 0.3) is 0 Å². The second kappa shape index (κ2) is 12.8. The normalized spacial score (nSPS) is 11.4. The minimum atomic E-state index is 0.600. The van der Waals surface area contributed by atoms with Gasteiger partial charge in [-0.2, -0.15) is 0 Å². The van der Waals surface area contributed by atoms with Gasteiger partial charge in [-0.05, 0) is 35.4 Å². The summed E-state index contributed by atoms with van der Waals surface area (Å²) in [5.74, 6) is 2.49. The van der Waals surface area contributed by atoms with E-state index in [1.165, 1.54) is 0 Å². The van der Waals surface area contributed by atoms with Crippen molar-refractivity contribution in [2.24, 2.45) is 0 Å². The van der Waals surface area contributed by atoms with Crippen LogP contribution in [0.1, 0.15) is 0 Å². The number of para-hydroxylation sites is 1. The Morgan fingerprint density at radius 3 is 1.47 bits per heavy atom. The molecular weight excluding hydrogens is 651 g/mol. The highest BCUT2D eigenvalue weighted by atomic mass is 16.3. The summed E-state index contributed by atoms with van der Waals surface area (Å²) in [6.07, 6.45) is 0. The lowest BCUT2D eigenvalue weighted by Gasteiger charge is -2.11. The number of aromatic nitrogens is 5. The average molecular weight is 680 g/mol. The Morgan fingerprint density at radius 2 is 0.811 bits per heavy atom. The standard InChI is InChI=1S/C47H29N5O/c1-4-15-30(16-5-1)43-36-23-10-11-26-38(36)48-47(49-43)37-25-14-28-40-42(37)41-35(24-13-27-39(41)53-40)33-21-12-22-34(29-33)46-51-44(31-17-6-2-7-18-31)50-45(52-46)32-19-8-3-9-20-32/h1-29H. The van der Waals surface area contributed by atoms with Gasteiger partial charge >= 0.3 is 0 Å². The summed E-state index contributed by atoms with van der Waals surface area (Å²) in [5.41, 5.74) is 10.1. The van der Waals surface area contributed by atoms with E-state index in [-0.39, 0.29) is 0 Å². The fourth-order valence-electron chi connectivity index (χ4n) is 7.07. The molecule has 7 aromatic carbocycles. The first-order valence-corrected chi connectivity index (χ1v) is 17.5. The van der Waals surface area contributed by atoms with E-state index < -0.39 is 0 Å². The maximum absolute atomic E-state index is 6.53. The number of hydrogen-bond donors (Lipinski definition) is 0. The first kappa shape index (κ1) is 30.5. The molecule has 0 spiro atoms. The van der Waals surface area contributed by atoms with Gasteiger partial charge < -0.3 is 4.42 Å². The third-order valence-corrected chi connectivity index (χ3v) is 9.54. The van der Waals surface area contributed by atoms with Gasteiger partial charge in [0.2, 0.25) is 0 Å². The minimum absolute atomic E-state index is 0.600. The summed E-state index contributed by atoms with van der Waals surface area (Å²) < 4.78 is 6.53. The van der Waals surface area contributed by atoms with E-state index in [1.807, 2.05) is 121 Å². The van der Waals surface area contributed by atoms with E-state index in [0.717, 1.165) is 77.5 Å². The second-order valence-electron chi connectivity index (χ2n) is 12.9. The van der Waals surface area contributed by atoms with Crippen LogP contribution >= 0.6 is 0 Å². The third kappa shape index (κ3) is 5.50. The molecule has 3 aromatic heterocycles. The molecule has 0 N–H and O–H groups in total. The molecule has 10 aromatic rings. The van der Waals surface area contributed by atoms with Crippen LogP contribution in [0.5, 0.6) is 0 Å². The SMILES string of the molecule is c1ccc(-c2nc(-c3ccccc3)nc(-c3cccc(-c4cccc5oc6cccc(-c7nc(-c8ccccc8)c8ccccc8n7)c6c45)c3)n2)cc1. The first-order valence-electron chi connectivity index (χ1n) is 17.5. The van der Waals surface area contributed by atoms with Crippen LogP contribution in [0.15, 0.2) is 180 Å². The van der Waals surface area contributed by atoms with Gasteiger partial charge in [-0.1, -0.05) is 152 Å². The van der Waals surface area contributed by atoms with Gasteiger partial charge in [0.05, 0.1) is 11.2 Å². The fourth-order valence-corrected chi connectivity index (χ4v) is 7.07. The van der Waals surface area contributed by atoms with E-state index in [4.69, 9.17) is 29.3 Å². The van der Waals surface area contributed by atoms with Crippen molar-refractivity contribution in [3.63, 3.8) is 0 Å². The molecule has 0 radical (unpaired) electrons. The van der Waals surface area contributed by atoms with Crippen LogP contribution in [0.4, 0.5) is 0 Å². The molecule has 0 aliphatic heterocycles. The van der Waals surface area contributed by atoms with Gasteiger partial charge in [0.15, 0.2) is 23.3 Å². The molecule has 248 valence electrons. The van der Waals surface area contributed by atoms with Crippen molar-refractivity contribution in [2.45, 2.75) is 0 Å². The monoisotopic (exact) mass is 679 g/mol.